The average molecular weight is 270 g/mol. The first-order chi connectivity index (χ1) is 9.62. The van der Waals surface area contributed by atoms with E-state index >= 15 is 0 Å². The SMILES string of the molecule is CCc1nn(Cc2c(C)cccc2C)c(CC)c1C=O. The first-order valence-electron chi connectivity index (χ1n) is 7.21. The molecule has 1 heterocycles. The number of hydrogen-bond acceptors (Lipinski definition) is 2. The lowest BCUT2D eigenvalue weighted by atomic mass is 10.0. The second-order valence-corrected chi connectivity index (χ2v) is 5.16. The molecule has 3 nitrogen and oxygen atoms in total. The van der Waals surface area contributed by atoms with Crippen LogP contribution in [0, 0.1) is 13.8 Å². The first-order valence-corrected chi connectivity index (χ1v) is 7.21. The summed E-state index contributed by atoms with van der Waals surface area (Å²) in [4.78, 5) is 11.3. The van der Waals surface area contributed by atoms with Crippen LogP contribution in [0.4, 0.5) is 0 Å². The molecule has 0 unspecified atom stereocenters. The van der Waals surface area contributed by atoms with Crippen molar-refractivity contribution in [2.24, 2.45) is 0 Å². The summed E-state index contributed by atoms with van der Waals surface area (Å²) in [6, 6.07) is 6.32. The van der Waals surface area contributed by atoms with Gasteiger partial charge in [0.25, 0.3) is 0 Å². The highest BCUT2D eigenvalue weighted by molar-refractivity contribution is 5.78. The van der Waals surface area contributed by atoms with Crippen molar-refractivity contribution >= 4 is 6.29 Å². The number of hydrogen-bond donors (Lipinski definition) is 0. The fourth-order valence-corrected chi connectivity index (χ4v) is 2.71. The van der Waals surface area contributed by atoms with E-state index in [0.29, 0.717) is 0 Å². The van der Waals surface area contributed by atoms with Crippen molar-refractivity contribution in [1.82, 2.24) is 9.78 Å². The molecule has 2 rings (SSSR count). The minimum atomic E-state index is 0.739. The molecular formula is C17H22N2O. The van der Waals surface area contributed by atoms with Crippen LogP contribution in [0.5, 0.6) is 0 Å². The molecule has 0 aliphatic rings. The molecule has 0 spiro atoms. The quantitative estimate of drug-likeness (QED) is 0.780. The van der Waals surface area contributed by atoms with E-state index in [4.69, 9.17) is 0 Å². The highest BCUT2D eigenvalue weighted by atomic mass is 16.1. The van der Waals surface area contributed by atoms with Crippen LogP contribution < -0.4 is 0 Å². The summed E-state index contributed by atoms with van der Waals surface area (Å²) in [7, 11) is 0. The third-order valence-electron chi connectivity index (χ3n) is 3.91. The second-order valence-electron chi connectivity index (χ2n) is 5.16. The van der Waals surface area contributed by atoms with Crippen LogP contribution >= 0.6 is 0 Å². The van der Waals surface area contributed by atoms with Gasteiger partial charge in [-0.15, -0.1) is 0 Å². The second kappa shape index (κ2) is 6.04. The Labute approximate surface area is 120 Å². The van der Waals surface area contributed by atoms with Crippen molar-refractivity contribution in [2.75, 3.05) is 0 Å². The molecular weight excluding hydrogens is 248 g/mol. The molecule has 0 aliphatic heterocycles. The fourth-order valence-electron chi connectivity index (χ4n) is 2.71. The van der Waals surface area contributed by atoms with E-state index in [9.17, 15) is 4.79 Å². The van der Waals surface area contributed by atoms with E-state index in [-0.39, 0.29) is 0 Å². The molecule has 0 bridgehead atoms. The first kappa shape index (κ1) is 14.5. The van der Waals surface area contributed by atoms with Gasteiger partial charge in [0.1, 0.15) is 0 Å². The smallest absolute Gasteiger partial charge is 0.153 e. The zero-order valence-corrected chi connectivity index (χ0v) is 12.7. The number of benzene rings is 1. The zero-order valence-electron chi connectivity index (χ0n) is 12.7. The maximum absolute atomic E-state index is 11.3. The monoisotopic (exact) mass is 270 g/mol. The number of carbonyl (C=O) groups is 1. The van der Waals surface area contributed by atoms with E-state index < -0.39 is 0 Å². The maximum atomic E-state index is 11.3. The van der Waals surface area contributed by atoms with E-state index in [1.807, 2.05) is 11.6 Å². The molecule has 3 heteroatoms. The summed E-state index contributed by atoms with van der Waals surface area (Å²) in [5.41, 5.74) is 6.56. The molecule has 0 fully saturated rings. The standard InChI is InChI=1S/C17H22N2O/c1-5-16-15(11-20)17(6-2)19(18-16)10-14-12(3)8-7-9-13(14)4/h7-9,11H,5-6,10H2,1-4H3. The third kappa shape index (κ3) is 2.53. The number of aryl methyl sites for hydroxylation is 3. The molecule has 0 amide bonds. The molecule has 2 aromatic rings. The van der Waals surface area contributed by atoms with Crippen molar-refractivity contribution < 1.29 is 4.79 Å². The van der Waals surface area contributed by atoms with Gasteiger partial charge in [0.15, 0.2) is 6.29 Å². The fraction of sp³-hybridized carbons (Fsp3) is 0.412. The lowest BCUT2D eigenvalue weighted by Gasteiger charge is -2.12. The van der Waals surface area contributed by atoms with Gasteiger partial charge in [-0.05, 0) is 43.4 Å². The lowest BCUT2D eigenvalue weighted by Crippen LogP contribution is -2.09. The number of aromatic nitrogens is 2. The lowest BCUT2D eigenvalue weighted by molar-refractivity contribution is 0.112. The van der Waals surface area contributed by atoms with Crippen molar-refractivity contribution in [3.63, 3.8) is 0 Å². The average Bonchev–Trinajstić information content (AvgIpc) is 2.79. The van der Waals surface area contributed by atoms with Gasteiger partial charge in [0, 0.05) is 5.69 Å². The Hall–Kier alpha value is -1.90. The number of carbonyl (C=O) groups excluding carboxylic acids is 1. The van der Waals surface area contributed by atoms with Crippen LogP contribution in [0.25, 0.3) is 0 Å². The molecule has 0 saturated carbocycles. The van der Waals surface area contributed by atoms with Crippen molar-refractivity contribution in [2.45, 2.75) is 47.1 Å². The summed E-state index contributed by atoms with van der Waals surface area (Å²) in [6.45, 7) is 9.10. The molecule has 106 valence electrons. The van der Waals surface area contributed by atoms with Gasteiger partial charge in [-0.1, -0.05) is 32.0 Å². The Kier molecular flexibility index (Phi) is 4.38. The topological polar surface area (TPSA) is 34.9 Å². The summed E-state index contributed by atoms with van der Waals surface area (Å²) < 4.78 is 2.00. The molecule has 0 saturated heterocycles. The van der Waals surface area contributed by atoms with Crippen LogP contribution in [0.3, 0.4) is 0 Å². The Morgan fingerprint density at radius 3 is 2.30 bits per heavy atom. The summed E-state index contributed by atoms with van der Waals surface area (Å²) in [6.07, 6.45) is 2.57. The van der Waals surface area contributed by atoms with Crippen LogP contribution in [0.2, 0.25) is 0 Å². The number of rotatable bonds is 5. The number of aldehydes is 1. The predicted octanol–water partition coefficient (Wildman–Crippen LogP) is 3.49. The van der Waals surface area contributed by atoms with Gasteiger partial charge in [-0.2, -0.15) is 5.10 Å². The van der Waals surface area contributed by atoms with E-state index in [1.54, 1.807) is 0 Å². The van der Waals surface area contributed by atoms with Crippen molar-refractivity contribution in [1.29, 1.82) is 0 Å². The Balaban J connectivity index is 2.48. The van der Waals surface area contributed by atoms with Gasteiger partial charge in [-0.3, -0.25) is 9.48 Å². The van der Waals surface area contributed by atoms with Gasteiger partial charge >= 0.3 is 0 Å². The largest absolute Gasteiger partial charge is 0.298 e. The Morgan fingerprint density at radius 1 is 1.15 bits per heavy atom. The van der Waals surface area contributed by atoms with Crippen molar-refractivity contribution in [3.8, 4) is 0 Å². The minimum absolute atomic E-state index is 0.739. The van der Waals surface area contributed by atoms with Gasteiger partial charge in [-0.25, -0.2) is 0 Å². The van der Waals surface area contributed by atoms with Crippen LogP contribution in [0.1, 0.15) is 52.3 Å². The maximum Gasteiger partial charge on any atom is 0.153 e. The van der Waals surface area contributed by atoms with Crippen molar-refractivity contribution in [3.05, 3.63) is 51.8 Å². The highest BCUT2D eigenvalue weighted by Crippen LogP contribution is 2.19. The molecule has 0 atom stereocenters. The molecule has 1 aromatic carbocycles. The molecule has 20 heavy (non-hydrogen) atoms. The summed E-state index contributed by atoms with van der Waals surface area (Å²) in [5, 5.41) is 4.63. The minimum Gasteiger partial charge on any atom is -0.298 e. The van der Waals surface area contributed by atoms with E-state index in [2.05, 4.69) is 44.1 Å². The number of nitrogens with zero attached hydrogens (tertiary/aromatic N) is 2. The highest BCUT2D eigenvalue weighted by Gasteiger charge is 2.15. The molecule has 0 aliphatic carbocycles. The predicted molar refractivity (Wildman–Crippen MR) is 81.4 cm³/mol. The van der Waals surface area contributed by atoms with Gasteiger partial charge in [0.05, 0.1) is 17.8 Å². The van der Waals surface area contributed by atoms with Crippen LogP contribution in [-0.4, -0.2) is 16.1 Å². The normalized spacial score (nSPS) is 10.8. The Morgan fingerprint density at radius 2 is 1.80 bits per heavy atom. The van der Waals surface area contributed by atoms with Crippen LogP contribution in [0.15, 0.2) is 18.2 Å². The van der Waals surface area contributed by atoms with Gasteiger partial charge < -0.3 is 0 Å². The third-order valence-corrected chi connectivity index (χ3v) is 3.91. The molecule has 1 aromatic heterocycles. The van der Waals surface area contributed by atoms with Crippen LogP contribution in [-0.2, 0) is 19.4 Å². The van der Waals surface area contributed by atoms with E-state index in [0.717, 1.165) is 42.6 Å². The van der Waals surface area contributed by atoms with Gasteiger partial charge in [0.2, 0.25) is 0 Å². The summed E-state index contributed by atoms with van der Waals surface area (Å²) in [5.74, 6) is 0. The Bertz CT molecular complexity index is 606. The zero-order chi connectivity index (χ0) is 14.7. The molecule has 0 radical (unpaired) electrons. The van der Waals surface area contributed by atoms with E-state index in [1.165, 1.54) is 16.7 Å². The summed E-state index contributed by atoms with van der Waals surface area (Å²) >= 11 is 0. The molecule has 0 N–H and O–H groups in total.